The summed E-state index contributed by atoms with van der Waals surface area (Å²) in [6.45, 7) is 5.36. The lowest BCUT2D eigenvalue weighted by molar-refractivity contribution is -0.137. The molecule has 0 aromatic heterocycles. The summed E-state index contributed by atoms with van der Waals surface area (Å²) in [5, 5.41) is -0.434. The van der Waals surface area contributed by atoms with Crippen molar-refractivity contribution in [3.05, 3.63) is 82.4 Å². The first-order chi connectivity index (χ1) is 15.3. The van der Waals surface area contributed by atoms with Crippen molar-refractivity contribution in [2.24, 2.45) is 5.92 Å². The monoisotopic (exact) mass is 480 g/mol. The zero-order valence-corrected chi connectivity index (χ0v) is 19.0. The van der Waals surface area contributed by atoms with E-state index in [9.17, 15) is 26.7 Å². The maximum absolute atomic E-state index is 13.9. The van der Waals surface area contributed by atoms with Crippen molar-refractivity contribution in [3.8, 4) is 22.3 Å². The molecular weight excluding hydrogens is 459 g/mol. The fourth-order valence-electron chi connectivity index (χ4n) is 3.84. The highest BCUT2D eigenvalue weighted by Crippen LogP contribution is 2.39. The summed E-state index contributed by atoms with van der Waals surface area (Å²) in [6, 6.07) is 11.4. The van der Waals surface area contributed by atoms with Crippen molar-refractivity contribution in [1.82, 2.24) is 0 Å². The van der Waals surface area contributed by atoms with Crippen molar-refractivity contribution in [2.45, 2.75) is 39.3 Å². The van der Waals surface area contributed by atoms with Crippen LogP contribution >= 0.6 is 11.6 Å². The van der Waals surface area contributed by atoms with Crippen LogP contribution < -0.4 is 0 Å². The second kappa shape index (κ2) is 9.64. The van der Waals surface area contributed by atoms with Gasteiger partial charge in [-0.15, -0.1) is 0 Å². The van der Waals surface area contributed by atoms with Gasteiger partial charge in [0.2, 0.25) is 0 Å². The van der Waals surface area contributed by atoms with Crippen LogP contribution in [0.2, 0.25) is 5.02 Å². The number of hydrogen-bond acceptors (Lipinski definition) is 1. The highest BCUT2D eigenvalue weighted by molar-refractivity contribution is 6.31. The van der Waals surface area contributed by atoms with Crippen LogP contribution in [-0.4, -0.2) is 5.78 Å². The second-order valence-electron chi connectivity index (χ2n) is 8.49. The minimum Gasteiger partial charge on any atom is -0.299 e. The van der Waals surface area contributed by atoms with Crippen molar-refractivity contribution in [3.63, 3.8) is 0 Å². The highest BCUT2D eigenvalue weighted by Gasteiger charge is 2.33. The third-order valence-electron chi connectivity index (χ3n) is 5.36. The van der Waals surface area contributed by atoms with Gasteiger partial charge < -0.3 is 0 Å². The Morgan fingerprint density at radius 2 is 1.39 bits per heavy atom. The first kappa shape index (κ1) is 24.9. The topological polar surface area (TPSA) is 17.1 Å². The molecule has 0 heterocycles. The summed E-state index contributed by atoms with van der Waals surface area (Å²) in [5.74, 6) is -2.02. The molecule has 3 rings (SSSR count). The van der Waals surface area contributed by atoms with Gasteiger partial charge in [-0.25, -0.2) is 8.78 Å². The Kier molecular flexibility index (Phi) is 7.27. The predicted octanol–water partition coefficient (Wildman–Crippen LogP) is 8.69. The summed E-state index contributed by atoms with van der Waals surface area (Å²) >= 11 is 5.76. The van der Waals surface area contributed by atoms with E-state index in [-0.39, 0.29) is 22.8 Å². The molecule has 0 saturated heterocycles. The average molecular weight is 481 g/mol. The lowest BCUT2D eigenvalue weighted by Gasteiger charge is -2.20. The van der Waals surface area contributed by atoms with Gasteiger partial charge in [-0.3, -0.25) is 4.79 Å². The van der Waals surface area contributed by atoms with E-state index in [0.717, 1.165) is 30.3 Å². The molecule has 0 aliphatic rings. The number of benzene rings is 3. The van der Waals surface area contributed by atoms with Gasteiger partial charge in [-0.1, -0.05) is 43.6 Å². The number of ketones is 1. The quantitative estimate of drug-likeness (QED) is 0.322. The molecule has 0 saturated carbocycles. The molecule has 0 N–H and O–H groups in total. The zero-order valence-electron chi connectivity index (χ0n) is 18.2. The van der Waals surface area contributed by atoms with Crippen LogP contribution in [0.5, 0.6) is 0 Å². The van der Waals surface area contributed by atoms with E-state index < -0.39 is 34.3 Å². The van der Waals surface area contributed by atoms with Crippen LogP contribution in [0.3, 0.4) is 0 Å². The van der Waals surface area contributed by atoms with E-state index in [1.807, 2.05) is 13.8 Å². The molecule has 33 heavy (non-hydrogen) atoms. The fourth-order valence-corrected chi connectivity index (χ4v) is 4.06. The normalized spacial score (nSPS) is 12.8. The van der Waals surface area contributed by atoms with Gasteiger partial charge in [0.15, 0.2) is 0 Å². The minimum absolute atomic E-state index is 0.107. The summed E-state index contributed by atoms with van der Waals surface area (Å²) < 4.78 is 68.0. The molecule has 0 aliphatic carbocycles. The van der Waals surface area contributed by atoms with E-state index in [2.05, 4.69) is 0 Å². The van der Waals surface area contributed by atoms with Crippen molar-refractivity contribution < 1.29 is 26.7 Å². The molecule has 3 aromatic rings. The second-order valence-corrected chi connectivity index (χ2v) is 8.89. The summed E-state index contributed by atoms with van der Waals surface area (Å²) in [7, 11) is 0. The van der Waals surface area contributed by atoms with Crippen LogP contribution in [-0.2, 0) is 11.0 Å². The van der Waals surface area contributed by atoms with E-state index in [0.29, 0.717) is 23.1 Å². The summed E-state index contributed by atoms with van der Waals surface area (Å²) in [5.41, 5.74) is 0.780. The fraction of sp³-hybridized carbons (Fsp3) is 0.269. The third-order valence-corrected chi connectivity index (χ3v) is 5.69. The Hall–Kier alpha value is -2.73. The van der Waals surface area contributed by atoms with E-state index in [1.54, 1.807) is 18.2 Å². The van der Waals surface area contributed by atoms with Crippen LogP contribution in [0.15, 0.2) is 54.6 Å². The molecule has 1 atom stereocenters. The smallest absolute Gasteiger partial charge is 0.299 e. The molecule has 0 amide bonds. The van der Waals surface area contributed by atoms with E-state index >= 15 is 0 Å². The number of carbonyl (C=O) groups is 1. The molecule has 1 unspecified atom stereocenters. The van der Waals surface area contributed by atoms with Gasteiger partial charge in [0.05, 0.1) is 10.6 Å². The number of Topliss-reactive ketones (excluding diaryl/α,β-unsaturated/α-hetero) is 1. The Bertz CT molecular complexity index is 1160. The number of carbonyl (C=O) groups excluding carboxylic acids is 1. The average Bonchev–Trinajstić information content (AvgIpc) is 2.70. The Balaban J connectivity index is 2.27. The van der Waals surface area contributed by atoms with Gasteiger partial charge in [0.1, 0.15) is 17.4 Å². The standard InChI is InChI=1S/C26H22ClF5O/c1-14(2)6-23(15(3)33)20-8-17(16-4-5-25(27)24(12-16)26(30,31)32)7-18(9-20)19-10-21(28)13-22(29)11-19/h4-5,7-14,23H,6H2,1-3H3. The lowest BCUT2D eigenvalue weighted by Crippen LogP contribution is -2.12. The van der Waals surface area contributed by atoms with Crippen LogP contribution in [0.1, 0.15) is 44.2 Å². The molecule has 0 radical (unpaired) electrons. The predicted molar refractivity (Wildman–Crippen MR) is 120 cm³/mol. The zero-order chi connectivity index (χ0) is 24.5. The lowest BCUT2D eigenvalue weighted by atomic mass is 9.84. The molecular formula is C26H22ClF5O. The van der Waals surface area contributed by atoms with E-state index in [1.165, 1.54) is 13.0 Å². The summed E-state index contributed by atoms with van der Waals surface area (Å²) in [4.78, 5) is 12.4. The Labute approximate surface area is 194 Å². The van der Waals surface area contributed by atoms with Gasteiger partial charge in [-0.2, -0.15) is 13.2 Å². The maximum Gasteiger partial charge on any atom is 0.417 e. The minimum atomic E-state index is -4.65. The maximum atomic E-state index is 13.9. The molecule has 0 fully saturated rings. The van der Waals surface area contributed by atoms with Crippen LogP contribution in [0.4, 0.5) is 22.0 Å². The number of halogens is 6. The first-order valence-electron chi connectivity index (χ1n) is 10.3. The van der Waals surface area contributed by atoms with Gasteiger partial charge >= 0.3 is 6.18 Å². The molecule has 0 spiro atoms. The van der Waals surface area contributed by atoms with Gasteiger partial charge in [0, 0.05) is 12.0 Å². The number of rotatable bonds is 6. The molecule has 0 aliphatic heterocycles. The molecule has 3 aromatic carbocycles. The SMILES string of the molecule is CC(=O)C(CC(C)C)c1cc(-c2cc(F)cc(F)c2)cc(-c2ccc(Cl)c(C(F)(F)F)c2)c1. The molecule has 1 nitrogen and oxygen atoms in total. The number of alkyl halides is 3. The van der Waals surface area contributed by atoms with Crippen LogP contribution in [0, 0.1) is 17.6 Å². The highest BCUT2D eigenvalue weighted by atomic mass is 35.5. The van der Waals surface area contributed by atoms with Crippen LogP contribution in [0.25, 0.3) is 22.3 Å². The Morgan fingerprint density at radius 3 is 1.91 bits per heavy atom. The largest absolute Gasteiger partial charge is 0.417 e. The van der Waals surface area contributed by atoms with Gasteiger partial charge in [-0.05, 0) is 77.4 Å². The first-order valence-corrected chi connectivity index (χ1v) is 10.7. The van der Waals surface area contributed by atoms with Crippen molar-refractivity contribution in [2.75, 3.05) is 0 Å². The number of hydrogen-bond donors (Lipinski definition) is 0. The van der Waals surface area contributed by atoms with E-state index in [4.69, 9.17) is 11.6 Å². The molecule has 174 valence electrons. The van der Waals surface area contributed by atoms with Gasteiger partial charge in [0.25, 0.3) is 0 Å². The Morgan fingerprint density at radius 1 is 0.848 bits per heavy atom. The molecule has 0 bridgehead atoms. The van der Waals surface area contributed by atoms with Crippen molar-refractivity contribution in [1.29, 1.82) is 0 Å². The third kappa shape index (κ3) is 5.99. The summed E-state index contributed by atoms with van der Waals surface area (Å²) in [6.07, 6.45) is -4.14. The molecule has 7 heteroatoms. The van der Waals surface area contributed by atoms with Crippen molar-refractivity contribution >= 4 is 17.4 Å².